The van der Waals surface area contributed by atoms with E-state index in [1.807, 2.05) is 69.3 Å². The lowest BCUT2D eigenvalue weighted by atomic mass is 10.0. The van der Waals surface area contributed by atoms with Gasteiger partial charge in [-0.1, -0.05) is 29.8 Å². The zero-order valence-electron chi connectivity index (χ0n) is 19.1. The molecule has 0 saturated heterocycles. The molecule has 6 nitrogen and oxygen atoms in total. The van der Waals surface area contributed by atoms with Gasteiger partial charge in [-0.2, -0.15) is 0 Å². The number of aryl methyl sites for hydroxylation is 1. The Balaban J connectivity index is 1.72. The SMILES string of the molecule is COc1ccc(N2C(=O)C(Nc3ccc(OC(C)C)cc3)=C(c3ccc(C)cc3)C2=O)cc1. The van der Waals surface area contributed by atoms with Crippen LogP contribution in [-0.2, 0) is 9.59 Å². The summed E-state index contributed by atoms with van der Waals surface area (Å²) in [6, 6.07) is 21.7. The molecule has 0 radical (unpaired) electrons. The first kappa shape index (κ1) is 22.1. The highest BCUT2D eigenvalue weighted by molar-refractivity contribution is 6.46. The fourth-order valence-corrected chi connectivity index (χ4v) is 3.63. The highest BCUT2D eigenvalue weighted by Crippen LogP contribution is 2.34. The van der Waals surface area contributed by atoms with E-state index in [1.54, 1.807) is 31.4 Å². The van der Waals surface area contributed by atoms with Gasteiger partial charge in [0.2, 0.25) is 0 Å². The number of ether oxygens (including phenoxy) is 2. The van der Waals surface area contributed by atoms with Crippen LogP contribution in [0.25, 0.3) is 5.57 Å². The molecule has 33 heavy (non-hydrogen) atoms. The molecule has 0 aromatic heterocycles. The van der Waals surface area contributed by atoms with Crippen molar-refractivity contribution in [3.8, 4) is 11.5 Å². The lowest BCUT2D eigenvalue weighted by Crippen LogP contribution is -2.32. The number of anilines is 2. The van der Waals surface area contributed by atoms with E-state index in [2.05, 4.69) is 5.32 Å². The summed E-state index contributed by atoms with van der Waals surface area (Å²) in [4.78, 5) is 28.1. The average Bonchev–Trinajstić information content (AvgIpc) is 3.05. The van der Waals surface area contributed by atoms with Crippen molar-refractivity contribution in [1.29, 1.82) is 0 Å². The van der Waals surface area contributed by atoms with E-state index >= 15 is 0 Å². The number of carbonyl (C=O) groups is 2. The molecule has 3 aromatic carbocycles. The fourth-order valence-electron chi connectivity index (χ4n) is 3.63. The molecule has 168 valence electrons. The van der Waals surface area contributed by atoms with Gasteiger partial charge in [-0.15, -0.1) is 0 Å². The quantitative estimate of drug-likeness (QED) is 0.510. The van der Waals surface area contributed by atoms with E-state index in [0.717, 1.165) is 11.3 Å². The topological polar surface area (TPSA) is 67.9 Å². The predicted molar refractivity (Wildman–Crippen MR) is 129 cm³/mol. The highest BCUT2D eigenvalue weighted by Gasteiger charge is 2.40. The number of imide groups is 1. The number of carbonyl (C=O) groups excluding carboxylic acids is 2. The average molecular weight is 443 g/mol. The van der Waals surface area contributed by atoms with Crippen molar-refractivity contribution < 1.29 is 19.1 Å². The van der Waals surface area contributed by atoms with Crippen LogP contribution in [0.4, 0.5) is 11.4 Å². The Bertz CT molecular complexity index is 1190. The minimum atomic E-state index is -0.414. The number of nitrogens with zero attached hydrogens (tertiary/aromatic N) is 1. The van der Waals surface area contributed by atoms with Crippen molar-refractivity contribution in [1.82, 2.24) is 0 Å². The molecule has 0 fully saturated rings. The third-order valence-corrected chi connectivity index (χ3v) is 5.25. The summed E-state index contributed by atoms with van der Waals surface area (Å²) < 4.78 is 10.9. The molecule has 0 unspecified atom stereocenters. The van der Waals surface area contributed by atoms with Crippen LogP contribution in [0, 0.1) is 6.92 Å². The maximum Gasteiger partial charge on any atom is 0.282 e. The number of methoxy groups -OCH3 is 1. The first-order valence-corrected chi connectivity index (χ1v) is 10.8. The van der Waals surface area contributed by atoms with E-state index in [0.29, 0.717) is 28.3 Å². The van der Waals surface area contributed by atoms with Gasteiger partial charge in [-0.3, -0.25) is 9.59 Å². The van der Waals surface area contributed by atoms with Gasteiger partial charge in [-0.25, -0.2) is 4.90 Å². The number of hydrogen-bond acceptors (Lipinski definition) is 5. The molecule has 6 heteroatoms. The van der Waals surface area contributed by atoms with Gasteiger partial charge in [0.15, 0.2) is 0 Å². The Kier molecular flexibility index (Phi) is 6.18. The first-order valence-electron chi connectivity index (χ1n) is 10.8. The number of hydrogen-bond donors (Lipinski definition) is 1. The maximum atomic E-state index is 13.5. The standard InChI is InChI=1S/C27H26N2O4/c1-17(2)33-23-13-9-20(10-14-23)28-25-24(19-7-5-18(3)6-8-19)26(30)29(27(25)31)21-11-15-22(32-4)16-12-21/h5-17,28H,1-4H3. The lowest BCUT2D eigenvalue weighted by Gasteiger charge is -2.16. The molecule has 3 aromatic rings. The third kappa shape index (κ3) is 4.60. The number of amides is 2. The van der Waals surface area contributed by atoms with Crippen LogP contribution in [0.5, 0.6) is 11.5 Å². The number of benzene rings is 3. The van der Waals surface area contributed by atoms with Crippen LogP contribution in [0.3, 0.4) is 0 Å². The zero-order chi connectivity index (χ0) is 23.5. The summed E-state index contributed by atoms with van der Waals surface area (Å²) in [6.07, 6.45) is 0.0618. The zero-order valence-corrected chi connectivity index (χ0v) is 19.1. The lowest BCUT2D eigenvalue weighted by molar-refractivity contribution is -0.120. The third-order valence-electron chi connectivity index (χ3n) is 5.25. The van der Waals surface area contributed by atoms with E-state index < -0.39 is 5.91 Å². The molecule has 2 amide bonds. The van der Waals surface area contributed by atoms with Crippen LogP contribution >= 0.6 is 0 Å². The molecule has 0 aliphatic carbocycles. The second-order valence-corrected chi connectivity index (χ2v) is 8.08. The fraction of sp³-hybridized carbons (Fsp3) is 0.185. The molecule has 0 saturated carbocycles. The Morgan fingerprint density at radius 2 is 1.39 bits per heavy atom. The van der Waals surface area contributed by atoms with Crippen LogP contribution in [0.15, 0.2) is 78.5 Å². The largest absolute Gasteiger partial charge is 0.497 e. The van der Waals surface area contributed by atoms with Crippen molar-refractivity contribution >= 4 is 28.8 Å². The van der Waals surface area contributed by atoms with Gasteiger partial charge < -0.3 is 14.8 Å². The molecule has 1 heterocycles. The van der Waals surface area contributed by atoms with E-state index in [9.17, 15) is 9.59 Å². The van der Waals surface area contributed by atoms with Crippen molar-refractivity contribution in [2.24, 2.45) is 0 Å². The molecular formula is C27H26N2O4. The van der Waals surface area contributed by atoms with Gasteiger partial charge in [0.1, 0.15) is 17.2 Å². The minimum Gasteiger partial charge on any atom is -0.497 e. The molecule has 0 atom stereocenters. The Labute approximate surface area is 193 Å². The van der Waals surface area contributed by atoms with Crippen LogP contribution in [0.1, 0.15) is 25.0 Å². The van der Waals surface area contributed by atoms with Crippen molar-refractivity contribution in [3.63, 3.8) is 0 Å². The highest BCUT2D eigenvalue weighted by atomic mass is 16.5. The van der Waals surface area contributed by atoms with Crippen molar-refractivity contribution in [2.45, 2.75) is 26.9 Å². The van der Waals surface area contributed by atoms with Gasteiger partial charge >= 0.3 is 0 Å². The summed E-state index contributed by atoms with van der Waals surface area (Å²) in [5, 5.41) is 3.17. The molecule has 0 spiro atoms. The summed E-state index contributed by atoms with van der Waals surface area (Å²) in [7, 11) is 1.57. The molecular weight excluding hydrogens is 416 g/mol. The van der Waals surface area contributed by atoms with Gasteiger partial charge in [0, 0.05) is 5.69 Å². The molecule has 1 aliphatic rings. The monoisotopic (exact) mass is 442 g/mol. The second-order valence-electron chi connectivity index (χ2n) is 8.08. The first-order chi connectivity index (χ1) is 15.9. The predicted octanol–water partition coefficient (Wildman–Crippen LogP) is 5.19. The van der Waals surface area contributed by atoms with Crippen molar-refractivity contribution in [3.05, 3.63) is 89.6 Å². The van der Waals surface area contributed by atoms with E-state index in [1.165, 1.54) is 4.90 Å². The van der Waals surface area contributed by atoms with E-state index in [4.69, 9.17) is 9.47 Å². The Morgan fingerprint density at radius 3 is 1.97 bits per heavy atom. The van der Waals surface area contributed by atoms with E-state index in [-0.39, 0.29) is 17.7 Å². The Hall–Kier alpha value is -4.06. The Morgan fingerprint density at radius 1 is 0.788 bits per heavy atom. The second kappa shape index (κ2) is 9.20. The number of rotatable bonds is 7. The van der Waals surface area contributed by atoms with Gasteiger partial charge in [0.25, 0.3) is 11.8 Å². The molecule has 0 bridgehead atoms. The molecule has 4 rings (SSSR count). The molecule has 1 N–H and O–H groups in total. The molecule has 1 aliphatic heterocycles. The van der Waals surface area contributed by atoms with Gasteiger partial charge in [0.05, 0.1) is 24.5 Å². The van der Waals surface area contributed by atoms with Crippen LogP contribution in [-0.4, -0.2) is 25.0 Å². The normalized spacial score (nSPS) is 13.7. The number of nitrogens with one attached hydrogen (secondary N) is 1. The van der Waals surface area contributed by atoms with Gasteiger partial charge in [-0.05, 0) is 74.9 Å². The maximum absolute atomic E-state index is 13.5. The minimum absolute atomic E-state index is 0.0618. The summed E-state index contributed by atoms with van der Waals surface area (Å²) in [6.45, 7) is 5.90. The summed E-state index contributed by atoms with van der Waals surface area (Å²) in [5.41, 5.74) is 3.47. The van der Waals surface area contributed by atoms with Crippen LogP contribution in [0.2, 0.25) is 0 Å². The van der Waals surface area contributed by atoms with Crippen molar-refractivity contribution in [2.75, 3.05) is 17.3 Å². The van der Waals surface area contributed by atoms with Crippen LogP contribution < -0.4 is 19.7 Å². The smallest absolute Gasteiger partial charge is 0.282 e. The summed E-state index contributed by atoms with van der Waals surface area (Å²) >= 11 is 0. The summed E-state index contributed by atoms with van der Waals surface area (Å²) in [5.74, 6) is 0.586.